The van der Waals surface area contributed by atoms with E-state index in [9.17, 15) is 4.79 Å². The summed E-state index contributed by atoms with van der Waals surface area (Å²) in [4.78, 5) is 11.3. The first kappa shape index (κ1) is 26.8. The average molecular weight is 483 g/mol. The molecule has 4 nitrogen and oxygen atoms in total. The summed E-state index contributed by atoms with van der Waals surface area (Å²) in [5.41, 5.74) is 0. The largest absolute Gasteiger partial charge is 0.405 e. The summed E-state index contributed by atoms with van der Waals surface area (Å²) in [7, 11) is -2.51. The van der Waals surface area contributed by atoms with E-state index in [1.54, 1.807) is 0 Å². The Morgan fingerprint density at radius 1 is 0.941 bits per heavy atom. The number of hydrogen-bond acceptors (Lipinski definition) is 4. The molecule has 2 aromatic carbocycles. The van der Waals surface area contributed by atoms with Crippen molar-refractivity contribution in [1.82, 2.24) is 0 Å². The first-order valence-electron chi connectivity index (χ1n) is 12.7. The average Bonchev–Trinajstić information content (AvgIpc) is 3.11. The van der Waals surface area contributed by atoms with Crippen molar-refractivity contribution in [2.75, 3.05) is 0 Å². The molecule has 3 rings (SSSR count). The van der Waals surface area contributed by atoms with Crippen molar-refractivity contribution in [3.8, 4) is 0 Å². The highest BCUT2D eigenvalue weighted by molar-refractivity contribution is 6.99. The number of rotatable bonds is 11. The Balaban J connectivity index is 1.64. The van der Waals surface area contributed by atoms with Gasteiger partial charge in [0.1, 0.15) is 6.10 Å². The van der Waals surface area contributed by atoms with E-state index < -0.39 is 20.2 Å². The van der Waals surface area contributed by atoms with Crippen LogP contribution < -0.4 is 10.4 Å². The standard InChI is InChI=1S/C29H42O4Si/c1-23(16-10-7-15-21-26-27(22-30)32-29(5,6)31-26)33-34(28(2,3)4,24-17-11-8-12-18-24)25-19-13-9-14-20-25/h8-9,11-14,17-20,22-23,26-27H,7,10,15-16,21H2,1-6H3/t23-,26+,27-/m0/s1. The molecule has 186 valence electrons. The summed E-state index contributed by atoms with van der Waals surface area (Å²) in [5, 5.41) is 2.63. The van der Waals surface area contributed by atoms with Gasteiger partial charge in [-0.1, -0.05) is 101 Å². The second kappa shape index (κ2) is 11.3. The fourth-order valence-corrected chi connectivity index (χ4v) is 9.94. The van der Waals surface area contributed by atoms with Gasteiger partial charge in [0.2, 0.25) is 0 Å². The molecule has 0 aliphatic carbocycles. The molecule has 1 fully saturated rings. The molecule has 0 unspecified atom stereocenters. The van der Waals surface area contributed by atoms with E-state index in [0.29, 0.717) is 0 Å². The van der Waals surface area contributed by atoms with E-state index in [2.05, 4.69) is 88.4 Å². The van der Waals surface area contributed by atoms with Gasteiger partial charge >= 0.3 is 0 Å². The van der Waals surface area contributed by atoms with E-state index in [4.69, 9.17) is 13.9 Å². The molecule has 1 heterocycles. The number of aldehydes is 1. The molecule has 1 aliphatic rings. The SMILES string of the molecule is C[C@@H](CCCCC[C@H]1OC(C)(C)O[C@H]1C=O)O[Si](c1ccccc1)(c1ccccc1)C(C)(C)C. The molecule has 3 atom stereocenters. The number of carbonyl (C=O) groups is 1. The molecule has 0 radical (unpaired) electrons. The third kappa shape index (κ3) is 6.25. The van der Waals surface area contributed by atoms with Gasteiger partial charge in [0.05, 0.1) is 6.10 Å². The zero-order valence-corrected chi connectivity index (χ0v) is 22.8. The highest BCUT2D eigenvalue weighted by Crippen LogP contribution is 2.38. The lowest BCUT2D eigenvalue weighted by molar-refractivity contribution is -0.150. The predicted octanol–water partition coefficient (Wildman–Crippen LogP) is 5.62. The van der Waals surface area contributed by atoms with Crippen molar-refractivity contribution in [2.24, 2.45) is 0 Å². The summed E-state index contributed by atoms with van der Waals surface area (Å²) in [6, 6.07) is 21.6. The highest BCUT2D eigenvalue weighted by atomic mass is 28.4. The quantitative estimate of drug-likeness (QED) is 0.237. The van der Waals surface area contributed by atoms with Gasteiger partial charge in [-0.15, -0.1) is 0 Å². The number of carbonyl (C=O) groups excluding carboxylic acids is 1. The molecule has 0 bridgehead atoms. The fourth-order valence-electron chi connectivity index (χ4n) is 5.21. The van der Waals surface area contributed by atoms with Crippen LogP contribution in [-0.2, 0) is 18.7 Å². The van der Waals surface area contributed by atoms with E-state index in [0.717, 1.165) is 38.4 Å². The summed E-state index contributed by atoms with van der Waals surface area (Å²) in [5.74, 6) is -0.672. The zero-order chi connectivity index (χ0) is 24.8. The van der Waals surface area contributed by atoms with Crippen molar-refractivity contribution in [2.45, 2.75) is 103 Å². The predicted molar refractivity (Wildman–Crippen MR) is 141 cm³/mol. The van der Waals surface area contributed by atoms with Crippen LogP contribution >= 0.6 is 0 Å². The van der Waals surface area contributed by atoms with Crippen LogP contribution in [0, 0.1) is 0 Å². The van der Waals surface area contributed by atoms with Gasteiger partial charge in [-0.05, 0) is 49.0 Å². The number of ether oxygens (including phenoxy) is 2. The third-order valence-corrected chi connectivity index (χ3v) is 11.9. The van der Waals surface area contributed by atoms with Gasteiger partial charge < -0.3 is 18.7 Å². The van der Waals surface area contributed by atoms with Gasteiger partial charge in [0.25, 0.3) is 8.32 Å². The van der Waals surface area contributed by atoms with Crippen LogP contribution in [0.2, 0.25) is 5.04 Å². The summed E-state index contributed by atoms with van der Waals surface area (Å²) < 4.78 is 18.7. The minimum atomic E-state index is -2.51. The second-order valence-corrected chi connectivity index (χ2v) is 15.3. The molecule has 0 amide bonds. The number of hydrogen-bond donors (Lipinski definition) is 0. The third-order valence-electron chi connectivity index (χ3n) is 6.75. The van der Waals surface area contributed by atoms with Gasteiger partial charge in [-0.2, -0.15) is 0 Å². The first-order chi connectivity index (χ1) is 16.1. The topological polar surface area (TPSA) is 44.8 Å². The Morgan fingerprint density at radius 3 is 2.00 bits per heavy atom. The monoisotopic (exact) mass is 482 g/mol. The highest BCUT2D eigenvalue weighted by Gasteiger charge is 2.50. The smallest absolute Gasteiger partial charge is 0.261 e. The molecule has 2 aromatic rings. The lowest BCUT2D eigenvalue weighted by Gasteiger charge is -2.44. The van der Waals surface area contributed by atoms with E-state index >= 15 is 0 Å². The Morgan fingerprint density at radius 2 is 1.50 bits per heavy atom. The van der Waals surface area contributed by atoms with Crippen LogP contribution in [0.25, 0.3) is 0 Å². The fraction of sp³-hybridized carbons (Fsp3) is 0.552. The van der Waals surface area contributed by atoms with Crippen molar-refractivity contribution < 1.29 is 18.7 Å². The van der Waals surface area contributed by atoms with Gasteiger partial charge in [0, 0.05) is 6.10 Å². The van der Waals surface area contributed by atoms with Crippen molar-refractivity contribution >= 4 is 25.0 Å². The lowest BCUT2D eigenvalue weighted by Crippen LogP contribution is -2.67. The van der Waals surface area contributed by atoms with Crippen LogP contribution in [0.4, 0.5) is 0 Å². The normalized spacial score (nSPS) is 21.4. The van der Waals surface area contributed by atoms with Gasteiger partial charge in [0.15, 0.2) is 12.1 Å². The van der Waals surface area contributed by atoms with Crippen molar-refractivity contribution in [3.63, 3.8) is 0 Å². The zero-order valence-electron chi connectivity index (χ0n) is 21.8. The Kier molecular flexibility index (Phi) is 8.91. The van der Waals surface area contributed by atoms with Crippen molar-refractivity contribution in [3.05, 3.63) is 60.7 Å². The van der Waals surface area contributed by atoms with E-state index in [1.807, 2.05) is 13.8 Å². The molecule has 0 N–H and O–H groups in total. The van der Waals surface area contributed by atoms with Crippen LogP contribution in [0.15, 0.2) is 60.7 Å². The minimum Gasteiger partial charge on any atom is -0.405 e. The maximum atomic E-state index is 11.3. The van der Waals surface area contributed by atoms with Crippen molar-refractivity contribution in [1.29, 1.82) is 0 Å². The molecule has 1 saturated heterocycles. The Hall–Kier alpha value is -1.79. The van der Waals surface area contributed by atoms with Gasteiger partial charge in [-0.3, -0.25) is 0 Å². The number of benzene rings is 2. The minimum absolute atomic E-state index is 0.0135. The maximum Gasteiger partial charge on any atom is 0.261 e. The van der Waals surface area contributed by atoms with Gasteiger partial charge in [-0.25, -0.2) is 0 Å². The molecule has 1 aliphatic heterocycles. The van der Waals surface area contributed by atoms with E-state index in [1.165, 1.54) is 10.4 Å². The molecular weight excluding hydrogens is 440 g/mol. The second-order valence-electron chi connectivity index (χ2n) is 11.0. The summed E-state index contributed by atoms with van der Waals surface area (Å²) in [6.07, 6.45) is 5.47. The Labute approximate surface area is 207 Å². The molecule has 34 heavy (non-hydrogen) atoms. The molecular formula is C29H42O4Si. The maximum absolute atomic E-state index is 11.3. The van der Waals surface area contributed by atoms with Crippen LogP contribution in [0.5, 0.6) is 0 Å². The van der Waals surface area contributed by atoms with Crippen LogP contribution in [0.3, 0.4) is 0 Å². The molecule has 0 spiro atoms. The summed E-state index contributed by atoms with van der Waals surface area (Å²) in [6.45, 7) is 12.9. The summed E-state index contributed by atoms with van der Waals surface area (Å²) >= 11 is 0. The lowest BCUT2D eigenvalue weighted by atomic mass is 10.0. The van der Waals surface area contributed by atoms with Crippen LogP contribution in [-0.4, -0.2) is 38.7 Å². The van der Waals surface area contributed by atoms with Crippen LogP contribution in [0.1, 0.15) is 73.6 Å². The molecule has 0 aromatic heterocycles. The number of unbranched alkanes of at least 4 members (excludes halogenated alkanes) is 2. The molecule has 5 heteroatoms. The Bertz CT molecular complexity index is 852. The van der Waals surface area contributed by atoms with E-state index in [-0.39, 0.29) is 17.2 Å². The first-order valence-corrected chi connectivity index (χ1v) is 14.6. The molecule has 0 saturated carbocycles.